The molecule has 0 atom stereocenters. The summed E-state index contributed by atoms with van der Waals surface area (Å²) in [6, 6.07) is 13.2. The van der Waals surface area contributed by atoms with Crippen LogP contribution in [0.3, 0.4) is 0 Å². The molecule has 0 aliphatic rings. The molecule has 0 radical (unpaired) electrons. The molecule has 4 aromatic rings. The van der Waals surface area contributed by atoms with E-state index in [1.54, 1.807) is 27.7 Å². The van der Waals surface area contributed by atoms with E-state index in [9.17, 15) is 18.4 Å². The molecule has 210 valence electrons. The second-order valence-corrected chi connectivity index (χ2v) is 8.92. The Labute approximate surface area is 229 Å². The van der Waals surface area contributed by atoms with Crippen molar-refractivity contribution in [2.24, 2.45) is 0 Å². The average molecular weight is 553 g/mol. The van der Waals surface area contributed by atoms with E-state index in [4.69, 9.17) is 14.2 Å². The third-order valence-corrected chi connectivity index (χ3v) is 6.16. The van der Waals surface area contributed by atoms with E-state index in [0.717, 1.165) is 17.2 Å². The number of nitrogens with one attached hydrogen (secondary N) is 1. The Morgan fingerprint density at radius 1 is 1.02 bits per heavy atom. The van der Waals surface area contributed by atoms with Crippen LogP contribution in [-0.4, -0.2) is 41.1 Å². The molecular formula is C29H30F2N4O5. The van der Waals surface area contributed by atoms with Crippen molar-refractivity contribution in [2.45, 2.75) is 33.2 Å². The monoisotopic (exact) mass is 552 g/mol. The van der Waals surface area contributed by atoms with Gasteiger partial charge >= 0.3 is 0 Å². The van der Waals surface area contributed by atoms with Crippen molar-refractivity contribution in [2.75, 3.05) is 20.8 Å². The van der Waals surface area contributed by atoms with Gasteiger partial charge in [0.05, 0.1) is 39.0 Å². The molecule has 1 amide bonds. The summed E-state index contributed by atoms with van der Waals surface area (Å²) in [7, 11) is 2.76. The molecule has 4 rings (SSSR count). The van der Waals surface area contributed by atoms with Crippen molar-refractivity contribution in [1.82, 2.24) is 19.7 Å². The fraction of sp³-hybridized carbons (Fsp3) is 0.276. The highest BCUT2D eigenvalue weighted by Gasteiger charge is 2.19. The number of benzene rings is 2. The first kappa shape index (κ1) is 28.5. The van der Waals surface area contributed by atoms with Gasteiger partial charge < -0.3 is 24.1 Å². The van der Waals surface area contributed by atoms with Crippen molar-refractivity contribution < 1.29 is 27.8 Å². The summed E-state index contributed by atoms with van der Waals surface area (Å²) < 4.78 is 47.3. The Bertz CT molecular complexity index is 1530. The Morgan fingerprint density at radius 3 is 2.40 bits per heavy atom. The van der Waals surface area contributed by atoms with Gasteiger partial charge in [-0.15, -0.1) is 0 Å². The van der Waals surface area contributed by atoms with Crippen LogP contribution in [0.4, 0.5) is 8.78 Å². The molecule has 2 aromatic carbocycles. The maximum atomic E-state index is 14.5. The quantitative estimate of drug-likeness (QED) is 0.286. The second kappa shape index (κ2) is 13.0. The van der Waals surface area contributed by atoms with Crippen molar-refractivity contribution in [3.8, 4) is 11.5 Å². The molecule has 0 fully saturated rings. The Kier molecular flexibility index (Phi) is 9.28. The summed E-state index contributed by atoms with van der Waals surface area (Å²) >= 11 is 0. The molecule has 11 heteroatoms. The topological polar surface area (TPSA) is 96.6 Å². The van der Waals surface area contributed by atoms with Gasteiger partial charge in [0.2, 0.25) is 0 Å². The maximum Gasteiger partial charge on any atom is 0.255 e. The van der Waals surface area contributed by atoms with Gasteiger partial charge in [0, 0.05) is 37.7 Å². The van der Waals surface area contributed by atoms with Gasteiger partial charge in [-0.25, -0.2) is 8.78 Å². The van der Waals surface area contributed by atoms with E-state index >= 15 is 0 Å². The van der Waals surface area contributed by atoms with Crippen LogP contribution in [0, 0.1) is 11.6 Å². The maximum absolute atomic E-state index is 14.5. The molecular weight excluding hydrogens is 522 g/mol. The number of amides is 1. The van der Waals surface area contributed by atoms with Crippen molar-refractivity contribution in [3.63, 3.8) is 0 Å². The van der Waals surface area contributed by atoms with Gasteiger partial charge in [0.25, 0.3) is 11.5 Å². The predicted octanol–water partition coefficient (Wildman–Crippen LogP) is 3.90. The minimum absolute atomic E-state index is 0.0768. The average Bonchev–Trinajstić information content (AvgIpc) is 3.33. The van der Waals surface area contributed by atoms with E-state index in [0.29, 0.717) is 31.1 Å². The lowest BCUT2D eigenvalue weighted by atomic mass is 10.1. The molecule has 0 bridgehead atoms. The Morgan fingerprint density at radius 2 is 1.75 bits per heavy atom. The zero-order valence-electron chi connectivity index (χ0n) is 22.4. The number of nitrogens with zero attached hydrogens (tertiary/aromatic N) is 3. The van der Waals surface area contributed by atoms with E-state index in [1.165, 1.54) is 26.4 Å². The van der Waals surface area contributed by atoms with Gasteiger partial charge in [0.1, 0.15) is 17.3 Å². The minimum atomic E-state index is -0.869. The first-order valence-electron chi connectivity index (χ1n) is 12.6. The highest BCUT2D eigenvalue weighted by Crippen LogP contribution is 2.23. The van der Waals surface area contributed by atoms with Gasteiger partial charge in [-0.05, 0) is 36.2 Å². The SMILES string of the molecule is CCOc1ccn(Cc2ccc(Cn3cc(C(=O)NCc4c(F)ccc(OC)c4F)c(COC)n3)cc2)c(=O)c1. The number of rotatable bonds is 12. The third kappa shape index (κ3) is 6.73. The van der Waals surface area contributed by atoms with Crippen LogP contribution in [0.5, 0.6) is 11.5 Å². The van der Waals surface area contributed by atoms with Crippen LogP contribution in [0.15, 0.2) is 65.7 Å². The number of hydrogen-bond acceptors (Lipinski definition) is 6. The van der Waals surface area contributed by atoms with Crippen LogP contribution in [-0.2, 0) is 31.0 Å². The molecule has 40 heavy (non-hydrogen) atoms. The highest BCUT2D eigenvalue weighted by atomic mass is 19.1. The van der Waals surface area contributed by atoms with E-state index < -0.39 is 17.5 Å². The lowest BCUT2D eigenvalue weighted by Gasteiger charge is -2.10. The fourth-order valence-electron chi connectivity index (χ4n) is 4.15. The molecule has 0 aliphatic heterocycles. The summed E-state index contributed by atoms with van der Waals surface area (Å²) in [6.45, 7) is 2.83. The van der Waals surface area contributed by atoms with E-state index in [1.807, 2.05) is 31.2 Å². The van der Waals surface area contributed by atoms with E-state index in [-0.39, 0.29) is 35.6 Å². The molecule has 0 saturated heterocycles. The summed E-state index contributed by atoms with van der Waals surface area (Å²) in [4.78, 5) is 25.3. The lowest BCUT2D eigenvalue weighted by Crippen LogP contribution is -2.25. The first-order valence-corrected chi connectivity index (χ1v) is 12.6. The number of hydrogen-bond donors (Lipinski definition) is 1. The van der Waals surface area contributed by atoms with Crippen molar-refractivity contribution in [3.05, 3.63) is 111 Å². The Balaban J connectivity index is 1.44. The van der Waals surface area contributed by atoms with Gasteiger partial charge in [0.15, 0.2) is 11.6 Å². The molecule has 0 saturated carbocycles. The lowest BCUT2D eigenvalue weighted by molar-refractivity contribution is 0.0945. The molecule has 0 spiro atoms. The number of carbonyl (C=O) groups is 1. The zero-order valence-corrected chi connectivity index (χ0v) is 22.4. The molecule has 0 unspecified atom stereocenters. The van der Waals surface area contributed by atoms with Gasteiger partial charge in [-0.2, -0.15) is 5.10 Å². The summed E-state index contributed by atoms with van der Waals surface area (Å²) in [6.07, 6.45) is 3.27. The molecule has 1 N–H and O–H groups in total. The van der Waals surface area contributed by atoms with Crippen LogP contribution < -0.4 is 20.3 Å². The Hall–Kier alpha value is -4.51. The van der Waals surface area contributed by atoms with Crippen LogP contribution >= 0.6 is 0 Å². The van der Waals surface area contributed by atoms with Gasteiger partial charge in [-0.3, -0.25) is 14.3 Å². The number of halogens is 2. The smallest absolute Gasteiger partial charge is 0.255 e. The normalized spacial score (nSPS) is 10.9. The molecule has 0 aliphatic carbocycles. The largest absolute Gasteiger partial charge is 0.494 e. The van der Waals surface area contributed by atoms with Crippen molar-refractivity contribution >= 4 is 5.91 Å². The summed E-state index contributed by atoms with van der Waals surface area (Å²) in [5.74, 6) is -1.78. The fourth-order valence-corrected chi connectivity index (χ4v) is 4.15. The first-order chi connectivity index (χ1) is 19.3. The number of ether oxygens (including phenoxy) is 3. The highest BCUT2D eigenvalue weighted by molar-refractivity contribution is 5.95. The zero-order chi connectivity index (χ0) is 28.6. The predicted molar refractivity (Wildman–Crippen MR) is 144 cm³/mol. The van der Waals surface area contributed by atoms with Crippen LogP contribution in [0.2, 0.25) is 0 Å². The molecule has 2 aromatic heterocycles. The second-order valence-electron chi connectivity index (χ2n) is 8.92. The van der Waals surface area contributed by atoms with Crippen LogP contribution in [0.1, 0.15) is 39.7 Å². The number of methoxy groups -OCH3 is 2. The summed E-state index contributed by atoms with van der Waals surface area (Å²) in [5, 5.41) is 7.02. The minimum Gasteiger partial charge on any atom is -0.494 e. The molecule has 2 heterocycles. The van der Waals surface area contributed by atoms with Crippen LogP contribution in [0.25, 0.3) is 0 Å². The summed E-state index contributed by atoms with van der Waals surface area (Å²) in [5.41, 5.74) is 2.02. The number of aromatic nitrogens is 3. The molecule has 9 nitrogen and oxygen atoms in total. The third-order valence-electron chi connectivity index (χ3n) is 6.16. The standard InChI is InChI=1S/C29H30F2N4O5/c1-4-40-21-11-12-34(27(36)13-21)15-19-5-7-20(8-6-19)16-35-17-23(25(33-35)18-38-2)29(37)32-14-22-24(30)9-10-26(39-3)28(22)31/h5-13,17H,4,14-16,18H2,1-3H3,(H,32,37). The number of carbonyl (C=O) groups excluding carboxylic acids is 1. The van der Waals surface area contributed by atoms with Gasteiger partial charge in [-0.1, -0.05) is 24.3 Å². The van der Waals surface area contributed by atoms with Crippen molar-refractivity contribution in [1.29, 1.82) is 0 Å². The number of pyridine rings is 1. The van der Waals surface area contributed by atoms with E-state index in [2.05, 4.69) is 10.4 Å².